The van der Waals surface area contributed by atoms with Crippen LogP contribution in [0.2, 0.25) is 5.02 Å². The van der Waals surface area contributed by atoms with Crippen LogP contribution in [0.5, 0.6) is 5.75 Å². The Morgan fingerprint density at radius 1 is 1.32 bits per heavy atom. The molecule has 1 aromatic carbocycles. The highest BCUT2D eigenvalue weighted by Gasteiger charge is 2.19. The Bertz CT molecular complexity index is 1110. The standard InChI is InChI=1S/C20H20ClN3O3S/c1-27-15-8-7-12(9-14(15)21)23-17(25)10-24-11-22-19-18(20(24)26)13-5-3-2-4-6-16(13)28-19/h7-9,11H,2-6,10H2,1H3,(H,23,25). The highest BCUT2D eigenvalue weighted by atomic mass is 35.5. The lowest BCUT2D eigenvalue weighted by Gasteiger charge is -2.09. The van der Waals surface area contributed by atoms with Gasteiger partial charge in [0, 0.05) is 10.6 Å². The number of methoxy groups -OCH3 is 1. The molecule has 0 radical (unpaired) electrons. The number of anilines is 1. The molecule has 2 heterocycles. The minimum absolute atomic E-state index is 0.101. The minimum Gasteiger partial charge on any atom is -0.495 e. The fourth-order valence-electron chi connectivity index (χ4n) is 3.57. The van der Waals surface area contributed by atoms with E-state index >= 15 is 0 Å². The fraction of sp³-hybridized carbons (Fsp3) is 0.350. The topological polar surface area (TPSA) is 73.2 Å². The Morgan fingerprint density at radius 3 is 2.93 bits per heavy atom. The zero-order valence-corrected chi connectivity index (χ0v) is 17.0. The molecule has 0 fully saturated rings. The zero-order chi connectivity index (χ0) is 19.7. The Hall–Kier alpha value is -2.38. The number of ether oxygens (including phenoxy) is 1. The van der Waals surface area contributed by atoms with E-state index in [-0.39, 0.29) is 18.0 Å². The molecule has 28 heavy (non-hydrogen) atoms. The molecular weight excluding hydrogens is 398 g/mol. The van der Waals surface area contributed by atoms with Crippen LogP contribution >= 0.6 is 22.9 Å². The Kier molecular flexibility index (Phi) is 5.37. The van der Waals surface area contributed by atoms with Crippen LogP contribution in [0.4, 0.5) is 5.69 Å². The number of nitrogens with zero attached hydrogens (tertiary/aromatic N) is 2. The van der Waals surface area contributed by atoms with E-state index in [1.807, 2.05) is 0 Å². The van der Waals surface area contributed by atoms with Gasteiger partial charge in [-0.1, -0.05) is 18.0 Å². The number of rotatable bonds is 4. The quantitative estimate of drug-likeness (QED) is 0.650. The Balaban J connectivity index is 1.58. The second-order valence-corrected chi connectivity index (χ2v) is 8.31. The largest absolute Gasteiger partial charge is 0.495 e. The molecule has 3 aromatic rings. The summed E-state index contributed by atoms with van der Waals surface area (Å²) >= 11 is 7.70. The highest BCUT2D eigenvalue weighted by Crippen LogP contribution is 2.32. The van der Waals surface area contributed by atoms with Crippen molar-refractivity contribution < 1.29 is 9.53 Å². The molecule has 1 N–H and O–H groups in total. The number of aromatic nitrogens is 2. The maximum absolute atomic E-state index is 13.0. The second kappa shape index (κ2) is 7.93. The molecule has 4 rings (SSSR count). The molecular formula is C20H20ClN3O3S. The average Bonchev–Trinajstić information content (AvgIpc) is 2.86. The van der Waals surface area contributed by atoms with Crippen LogP contribution in [0.1, 0.15) is 29.7 Å². The number of nitrogens with one attached hydrogen (secondary N) is 1. The SMILES string of the molecule is COc1ccc(NC(=O)Cn2cnc3sc4c(c3c2=O)CCCCC4)cc1Cl. The van der Waals surface area contributed by atoms with E-state index in [4.69, 9.17) is 16.3 Å². The van der Waals surface area contributed by atoms with Gasteiger partial charge in [-0.05, 0) is 49.4 Å². The van der Waals surface area contributed by atoms with Gasteiger partial charge in [0.1, 0.15) is 17.1 Å². The van der Waals surface area contributed by atoms with Crippen molar-refractivity contribution >= 4 is 44.7 Å². The molecule has 0 unspecified atom stereocenters. The van der Waals surface area contributed by atoms with Crippen LogP contribution in [0.3, 0.4) is 0 Å². The zero-order valence-electron chi connectivity index (χ0n) is 15.5. The smallest absolute Gasteiger partial charge is 0.262 e. The molecule has 0 saturated heterocycles. The van der Waals surface area contributed by atoms with E-state index in [2.05, 4.69) is 10.3 Å². The predicted octanol–water partition coefficient (Wildman–Crippen LogP) is 4.03. The molecule has 0 atom stereocenters. The summed E-state index contributed by atoms with van der Waals surface area (Å²) in [7, 11) is 1.53. The lowest BCUT2D eigenvalue weighted by atomic mass is 10.1. The van der Waals surface area contributed by atoms with E-state index in [1.165, 1.54) is 29.3 Å². The number of amides is 1. The van der Waals surface area contributed by atoms with Gasteiger partial charge in [-0.25, -0.2) is 4.98 Å². The lowest BCUT2D eigenvalue weighted by molar-refractivity contribution is -0.116. The molecule has 0 aliphatic heterocycles. The third-order valence-electron chi connectivity index (χ3n) is 4.94. The van der Waals surface area contributed by atoms with Crippen LogP contribution in [0.15, 0.2) is 29.3 Å². The van der Waals surface area contributed by atoms with Crippen molar-refractivity contribution in [3.63, 3.8) is 0 Å². The number of aryl methyl sites for hydroxylation is 2. The van der Waals surface area contributed by atoms with Gasteiger partial charge < -0.3 is 10.1 Å². The second-order valence-electron chi connectivity index (χ2n) is 6.82. The van der Waals surface area contributed by atoms with Crippen molar-refractivity contribution in [1.82, 2.24) is 9.55 Å². The van der Waals surface area contributed by atoms with Crippen LogP contribution in [0.25, 0.3) is 10.2 Å². The maximum Gasteiger partial charge on any atom is 0.262 e. The Morgan fingerprint density at radius 2 is 2.14 bits per heavy atom. The van der Waals surface area contributed by atoms with Crippen LogP contribution in [-0.2, 0) is 24.2 Å². The van der Waals surface area contributed by atoms with E-state index < -0.39 is 0 Å². The van der Waals surface area contributed by atoms with Gasteiger partial charge >= 0.3 is 0 Å². The number of hydrogen-bond donors (Lipinski definition) is 1. The number of thiophene rings is 1. The molecule has 1 amide bonds. The average molecular weight is 418 g/mol. The summed E-state index contributed by atoms with van der Waals surface area (Å²) in [5.74, 6) is 0.217. The first-order chi connectivity index (χ1) is 13.6. The molecule has 6 nitrogen and oxygen atoms in total. The predicted molar refractivity (Wildman–Crippen MR) is 112 cm³/mol. The monoisotopic (exact) mass is 417 g/mol. The van der Waals surface area contributed by atoms with Gasteiger partial charge in [0.15, 0.2) is 0 Å². The molecule has 1 aliphatic rings. The van der Waals surface area contributed by atoms with Crippen molar-refractivity contribution in [3.8, 4) is 5.75 Å². The van der Waals surface area contributed by atoms with E-state index in [1.54, 1.807) is 29.5 Å². The third kappa shape index (κ3) is 3.64. The summed E-state index contributed by atoms with van der Waals surface area (Å²) in [6.07, 6.45) is 6.80. The molecule has 0 bridgehead atoms. The molecule has 0 spiro atoms. The number of carbonyl (C=O) groups excluding carboxylic acids is 1. The molecule has 146 valence electrons. The molecule has 2 aromatic heterocycles. The minimum atomic E-state index is -0.314. The van der Waals surface area contributed by atoms with Crippen LogP contribution in [0, 0.1) is 0 Å². The van der Waals surface area contributed by atoms with E-state index in [9.17, 15) is 9.59 Å². The summed E-state index contributed by atoms with van der Waals surface area (Å²) in [6, 6.07) is 4.99. The van der Waals surface area contributed by atoms with Gasteiger partial charge in [0.2, 0.25) is 5.91 Å². The normalized spacial score (nSPS) is 13.8. The number of benzene rings is 1. The lowest BCUT2D eigenvalue weighted by Crippen LogP contribution is -2.28. The van der Waals surface area contributed by atoms with Crippen molar-refractivity contribution in [1.29, 1.82) is 0 Å². The number of carbonyl (C=O) groups is 1. The van der Waals surface area contributed by atoms with Gasteiger partial charge in [-0.3, -0.25) is 14.2 Å². The first-order valence-electron chi connectivity index (χ1n) is 9.20. The van der Waals surface area contributed by atoms with Crippen LogP contribution < -0.4 is 15.6 Å². The fourth-order valence-corrected chi connectivity index (χ4v) is 5.05. The number of halogens is 1. The van der Waals surface area contributed by atoms with E-state index in [0.717, 1.165) is 36.1 Å². The van der Waals surface area contributed by atoms with Gasteiger partial charge in [0.05, 0.1) is 23.8 Å². The van der Waals surface area contributed by atoms with Crippen LogP contribution in [-0.4, -0.2) is 22.6 Å². The van der Waals surface area contributed by atoms with Gasteiger partial charge in [-0.2, -0.15) is 0 Å². The summed E-state index contributed by atoms with van der Waals surface area (Å²) in [5.41, 5.74) is 1.53. The van der Waals surface area contributed by atoms with E-state index in [0.29, 0.717) is 21.8 Å². The molecule has 8 heteroatoms. The van der Waals surface area contributed by atoms with Gasteiger partial charge in [-0.15, -0.1) is 11.3 Å². The summed E-state index contributed by atoms with van der Waals surface area (Å²) in [6.45, 7) is -0.101. The van der Waals surface area contributed by atoms with Gasteiger partial charge in [0.25, 0.3) is 5.56 Å². The highest BCUT2D eigenvalue weighted by molar-refractivity contribution is 7.18. The number of hydrogen-bond acceptors (Lipinski definition) is 5. The summed E-state index contributed by atoms with van der Waals surface area (Å²) < 4.78 is 6.48. The van der Waals surface area contributed by atoms with Crippen molar-refractivity contribution in [3.05, 3.63) is 50.3 Å². The maximum atomic E-state index is 13.0. The molecule has 1 aliphatic carbocycles. The third-order valence-corrected chi connectivity index (χ3v) is 6.44. The molecule has 0 saturated carbocycles. The Labute approximate surface area is 171 Å². The van der Waals surface area contributed by atoms with Crippen molar-refractivity contribution in [2.24, 2.45) is 0 Å². The summed E-state index contributed by atoms with van der Waals surface area (Å²) in [4.78, 5) is 31.9. The first-order valence-corrected chi connectivity index (χ1v) is 10.4. The van der Waals surface area contributed by atoms with Crippen molar-refractivity contribution in [2.45, 2.75) is 38.6 Å². The van der Waals surface area contributed by atoms with Crippen molar-refractivity contribution in [2.75, 3.05) is 12.4 Å². The summed E-state index contributed by atoms with van der Waals surface area (Å²) in [5, 5.41) is 3.85. The first kappa shape index (κ1) is 19.0. The number of fused-ring (bicyclic) bond motifs is 3.